The van der Waals surface area contributed by atoms with Gasteiger partial charge in [-0.25, -0.2) is 4.98 Å². The molecule has 25 heavy (non-hydrogen) atoms. The molecule has 0 radical (unpaired) electrons. The van der Waals surface area contributed by atoms with Crippen molar-refractivity contribution in [2.45, 2.75) is 6.54 Å². The molecule has 0 saturated carbocycles. The molecule has 0 fully saturated rings. The summed E-state index contributed by atoms with van der Waals surface area (Å²) in [6.07, 6.45) is 5.50. The van der Waals surface area contributed by atoms with E-state index in [9.17, 15) is 0 Å². The number of benzene rings is 1. The van der Waals surface area contributed by atoms with Crippen molar-refractivity contribution in [1.29, 1.82) is 0 Å². The number of rotatable bonds is 1. The fourth-order valence-electron chi connectivity index (χ4n) is 3.78. The second-order valence-corrected chi connectivity index (χ2v) is 6.22. The van der Waals surface area contributed by atoms with E-state index in [2.05, 4.69) is 49.4 Å². The normalized spacial score (nSPS) is 12.6. The van der Waals surface area contributed by atoms with Gasteiger partial charge in [0.1, 0.15) is 17.7 Å². The average molecular weight is 325 g/mol. The molecule has 0 saturated heterocycles. The van der Waals surface area contributed by atoms with E-state index in [0.717, 1.165) is 45.9 Å². The fraction of sp³-hybridized carbons (Fsp3) is 0.0500. The predicted octanol–water partition coefficient (Wildman–Crippen LogP) is 3.48. The maximum absolute atomic E-state index is 6.29. The van der Waals surface area contributed by atoms with Gasteiger partial charge in [-0.05, 0) is 18.2 Å². The molecule has 1 aliphatic rings. The van der Waals surface area contributed by atoms with Gasteiger partial charge in [-0.1, -0.05) is 24.3 Å². The topological polar surface area (TPSA) is 47.7 Å². The second kappa shape index (κ2) is 4.54. The van der Waals surface area contributed by atoms with Crippen LogP contribution in [0.4, 0.5) is 0 Å². The summed E-state index contributed by atoms with van der Waals surface area (Å²) < 4.78 is 10.7. The minimum Gasteiger partial charge on any atom is -0.412 e. The van der Waals surface area contributed by atoms with Crippen molar-refractivity contribution >= 4 is 22.1 Å². The molecule has 0 unspecified atom stereocenters. The zero-order valence-electron chi connectivity index (χ0n) is 13.3. The van der Waals surface area contributed by atoms with Gasteiger partial charge in [-0.2, -0.15) is 9.13 Å². The van der Waals surface area contributed by atoms with Crippen molar-refractivity contribution in [1.82, 2.24) is 14.5 Å². The Balaban J connectivity index is 1.79. The molecule has 5 aromatic rings. The molecule has 5 heteroatoms. The summed E-state index contributed by atoms with van der Waals surface area (Å²) in [6.45, 7) is 0.766. The van der Waals surface area contributed by atoms with E-state index in [4.69, 9.17) is 4.42 Å². The van der Waals surface area contributed by atoms with E-state index in [1.807, 2.05) is 36.8 Å². The third-order valence-corrected chi connectivity index (χ3v) is 4.83. The predicted molar refractivity (Wildman–Crippen MR) is 93.4 cm³/mol. The van der Waals surface area contributed by atoms with Crippen molar-refractivity contribution in [3.05, 3.63) is 72.7 Å². The third-order valence-electron chi connectivity index (χ3n) is 4.83. The van der Waals surface area contributed by atoms with Crippen LogP contribution in [0.3, 0.4) is 0 Å². The van der Waals surface area contributed by atoms with E-state index in [0.29, 0.717) is 0 Å². The van der Waals surface area contributed by atoms with E-state index < -0.39 is 0 Å². The summed E-state index contributed by atoms with van der Waals surface area (Å²) in [7, 11) is 0. The Hall–Kier alpha value is -3.47. The smallest absolute Gasteiger partial charge is 0.334 e. The van der Waals surface area contributed by atoms with Crippen LogP contribution in [0.2, 0.25) is 0 Å². The summed E-state index contributed by atoms with van der Waals surface area (Å²) in [4.78, 5) is 8.82. The number of pyridine rings is 2. The highest BCUT2D eigenvalue weighted by Crippen LogP contribution is 2.36. The number of nitrogens with zero attached hydrogens (tertiary/aromatic N) is 4. The van der Waals surface area contributed by atoms with Crippen LogP contribution in [0.25, 0.3) is 39.4 Å². The number of fused-ring (bicyclic) bond motifs is 7. The lowest BCUT2D eigenvalue weighted by atomic mass is 10.2. The number of hydrogen-bond donors (Lipinski definition) is 0. The summed E-state index contributed by atoms with van der Waals surface area (Å²) in [5.74, 6) is 0.816. The molecule has 0 N–H and O–H groups in total. The average Bonchev–Trinajstić information content (AvgIpc) is 3.30. The monoisotopic (exact) mass is 325 g/mol. The van der Waals surface area contributed by atoms with Gasteiger partial charge in [0.05, 0.1) is 5.39 Å². The molecule has 5 heterocycles. The largest absolute Gasteiger partial charge is 0.412 e. The van der Waals surface area contributed by atoms with Crippen molar-refractivity contribution < 1.29 is 8.98 Å². The maximum Gasteiger partial charge on any atom is 0.334 e. The highest BCUT2D eigenvalue weighted by molar-refractivity contribution is 6.03. The van der Waals surface area contributed by atoms with E-state index in [-0.39, 0.29) is 0 Å². The zero-order chi connectivity index (χ0) is 16.4. The standard InChI is InChI=1S/C20H13N4O/c1-2-6-14(7-3-1)24-16-8-10-21-11-15(16)18-19(24)23-12-13-5-4-9-22-17(13)20(23)25-18/h1-11H,12H2/q+1. The molecular formula is C20H13N4O+. The number of para-hydroxylation sites is 1. The zero-order valence-corrected chi connectivity index (χ0v) is 13.3. The van der Waals surface area contributed by atoms with Gasteiger partial charge in [0, 0.05) is 30.2 Å². The first-order chi connectivity index (χ1) is 12.4. The van der Waals surface area contributed by atoms with Crippen LogP contribution in [-0.4, -0.2) is 14.5 Å². The summed E-state index contributed by atoms with van der Waals surface area (Å²) in [5.41, 5.74) is 6.21. The Kier molecular flexibility index (Phi) is 2.34. The molecule has 118 valence electrons. The van der Waals surface area contributed by atoms with Crippen molar-refractivity contribution in [2.75, 3.05) is 0 Å². The van der Waals surface area contributed by atoms with Crippen LogP contribution < -0.4 is 4.57 Å². The molecule has 5 nitrogen and oxygen atoms in total. The Morgan fingerprint density at radius 3 is 2.84 bits per heavy atom. The lowest BCUT2D eigenvalue weighted by Gasteiger charge is -2.00. The molecule has 0 spiro atoms. The van der Waals surface area contributed by atoms with Gasteiger partial charge in [0.15, 0.2) is 5.69 Å². The van der Waals surface area contributed by atoms with Gasteiger partial charge in [0.25, 0.3) is 0 Å². The van der Waals surface area contributed by atoms with Crippen LogP contribution in [-0.2, 0) is 6.54 Å². The first-order valence-electron chi connectivity index (χ1n) is 8.22. The number of aromatic nitrogens is 4. The minimum absolute atomic E-state index is 0.766. The SMILES string of the molecule is c1ccc(-n2c3ccncc3c3oc4[n+](c32)Cc2cccnc2-4)cc1. The molecule has 0 atom stereocenters. The van der Waals surface area contributed by atoms with Crippen LogP contribution in [0.1, 0.15) is 5.56 Å². The molecule has 1 aromatic carbocycles. The van der Waals surface area contributed by atoms with Crippen LogP contribution in [0, 0.1) is 0 Å². The first-order valence-corrected chi connectivity index (χ1v) is 8.22. The fourth-order valence-corrected chi connectivity index (χ4v) is 3.78. The van der Waals surface area contributed by atoms with E-state index in [1.54, 1.807) is 0 Å². The van der Waals surface area contributed by atoms with Gasteiger partial charge in [0.2, 0.25) is 5.58 Å². The number of hydrogen-bond acceptors (Lipinski definition) is 3. The highest BCUT2D eigenvalue weighted by atomic mass is 16.4. The van der Waals surface area contributed by atoms with Crippen LogP contribution in [0.15, 0.2) is 71.5 Å². The Labute approximate surface area is 142 Å². The summed E-state index contributed by atoms with van der Waals surface area (Å²) in [5, 5.41) is 1.01. The van der Waals surface area contributed by atoms with Gasteiger partial charge < -0.3 is 4.42 Å². The lowest BCUT2D eigenvalue weighted by Crippen LogP contribution is -2.32. The second-order valence-electron chi connectivity index (χ2n) is 6.22. The van der Waals surface area contributed by atoms with Gasteiger partial charge in [-0.15, -0.1) is 0 Å². The molecule has 1 aliphatic heterocycles. The third kappa shape index (κ3) is 1.59. The van der Waals surface area contributed by atoms with Gasteiger partial charge in [-0.3, -0.25) is 4.98 Å². The Bertz CT molecular complexity index is 1270. The number of oxazole rings is 1. The molecule has 0 amide bonds. The van der Waals surface area contributed by atoms with Crippen molar-refractivity contribution in [3.63, 3.8) is 0 Å². The van der Waals surface area contributed by atoms with E-state index in [1.165, 1.54) is 5.56 Å². The van der Waals surface area contributed by atoms with Crippen LogP contribution in [0.5, 0.6) is 0 Å². The lowest BCUT2D eigenvalue weighted by molar-refractivity contribution is -0.651. The first kappa shape index (κ1) is 12.9. The summed E-state index contributed by atoms with van der Waals surface area (Å²) >= 11 is 0. The molecule has 0 aliphatic carbocycles. The quantitative estimate of drug-likeness (QED) is 0.435. The Morgan fingerprint density at radius 2 is 1.92 bits per heavy atom. The molecule has 0 bridgehead atoms. The Morgan fingerprint density at radius 1 is 1.00 bits per heavy atom. The van der Waals surface area contributed by atoms with E-state index >= 15 is 0 Å². The molecule has 4 aromatic heterocycles. The van der Waals surface area contributed by atoms with Crippen molar-refractivity contribution in [2.24, 2.45) is 0 Å². The van der Waals surface area contributed by atoms with Crippen molar-refractivity contribution in [3.8, 4) is 17.3 Å². The van der Waals surface area contributed by atoms with Gasteiger partial charge >= 0.3 is 11.5 Å². The highest BCUT2D eigenvalue weighted by Gasteiger charge is 2.36. The van der Waals surface area contributed by atoms with Crippen LogP contribution >= 0.6 is 0 Å². The summed E-state index contributed by atoms with van der Waals surface area (Å²) in [6, 6.07) is 16.5. The maximum atomic E-state index is 6.29. The minimum atomic E-state index is 0.766. The molecular weight excluding hydrogens is 312 g/mol. The molecule has 6 rings (SSSR count).